The minimum atomic E-state index is 0.0510. The second-order valence-corrected chi connectivity index (χ2v) is 6.78. The van der Waals surface area contributed by atoms with Gasteiger partial charge in [-0.1, -0.05) is 6.07 Å². The minimum absolute atomic E-state index is 0.0510. The highest BCUT2D eigenvalue weighted by atomic mass is 32.1. The number of nitrogens with zero attached hydrogens (tertiary/aromatic N) is 3. The third-order valence-corrected chi connectivity index (χ3v) is 5.04. The van der Waals surface area contributed by atoms with Crippen LogP contribution in [0.25, 0.3) is 10.7 Å². The highest BCUT2D eigenvalue weighted by Gasteiger charge is 2.25. The lowest BCUT2D eigenvalue weighted by Crippen LogP contribution is -2.40. The second kappa shape index (κ2) is 8.32. The lowest BCUT2D eigenvalue weighted by molar-refractivity contribution is 0.00857. The van der Waals surface area contributed by atoms with E-state index in [0.29, 0.717) is 18.0 Å². The van der Waals surface area contributed by atoms with Gasteiger partial charge in [0.2, 0.25) is 0 Å². The summed E-state index contributed by atoms with van der Waals surface area (Å²) in [5.74, 6) is 0.0510. The fourth-order valence-corrected chi connectivity index (χ4v) is 3.56. The van der Waals surface area contributed by atoms with Gasteiger partial charge in [-0.3, -0.25) is 9.78 Å². The zero-order valence-electron chi connectivity index (χ0n) is 13.6. The molecule has 3 heterocycles. The van der Waals surface area contributed by atoms with E-state index < -0.39 is 0 Å². The zero-order valence-corrected chi connectivity index (χ0v) is 14.4. The van der Waals surface area contributed by atoms with Gasteiger partial charge in [0.15, 0.2) is 0 Å². The molecule has 0 unspecified atom stereocenters. The van der Waals surface area contributed by atoms with E-state index in [-0.39, 0.29) is 12.0 Å². The first kappa shape index (κ1) is 17.0. The number of rotatable bonds is 6. The van der Waals surface area contributed by atoms with Gasteiger partial charge in [0.1, 0.15) is 9.88 Å². The number of piperidine rings is 1. The molecule has 1 aliphatic heterocycles. The number of thiazole rings is 1. The summed E-state index contributed by atoms with van der Waals surface area (Å²) in [7, 11) is 0. The van der Waals surface area contributed by atoms with Gasteiger partial charge in [-0.25, -0.2) is 4.98 Å². The van der Waals surface area contributed by atoms with Crippen LogP contribution in [0.4, 0.5) is 0 Å². The molecule has 0 radical (unpaired) electrons. The van der Waals surface area contributed by atoms with Gasteiger partial charge in [-0.2, -0.15) is 0 Å². The van der Waals surface area contributed by atoms with Crippen LogP contribution < -0.4 is 5.73 Å². The minimum Gasteiger partial charge on any atom is -0.378 e. The van der Waals surface area contributed by atoms with Gasteiger partial charge in [0.25, 0.3) is 5.91 Å². The summed E-state index contributed by atoms with van der Waals surface area (Å²) in [6, 6.07) is 5.68. The monoisotopic (exact) mass is 346 g/mol. The van der Waals surface area contributed by atoms with Crippen molar-refractivity contribution in [1.82, 2.24) is 14.9 Å². The molecule has 1 aliphatic rings. The third kappa shape index (κ3) is 4.17. The fourth-order valence-electron chi connectivity index (χ4n) is 2.70. The largest absolute Gasteiger partial charge is 0.378 e. The maximum absolute atomic E-state index is 12.6. The Hall–Kier alpha value is -1.83. The number of amides is 1. The quantitative estimate of drug-likeness (QED) is 0.811. The third-order valence-electron chi connectivity index (χ3n) is 4.03. The van der Waals surface area contributed by atoms with E-state index in [1.807, 2.05) is 23.1 Å². The van der Waals surface area contributed by atoms with Crippen LogP contribution >= 0.6 is 11.3 Å². The maximum Gasteiger partial charge on any atom is 0.265 e. The van der Waals surface area contributed by atoms with Crippen molar-refractivity contribution in [3.8, 4) is 10.7 Å². The fraction of sp³-hybridized carbons (Fsp3) is 0.471. The molecule has 2 N–H and O–H groups in total. The van der Waals surface area contributed by atoms with E-state index in [9.17, 15) is 4.79 Å². The Morgan fingerprint density at radius 3 is 2.88 bits per heavy atom. The molecule has 0 saturated carbocycles. The van der Waals surface area contributed by atoms with E-state index in [4.69, 9.17) is 10.5 Å². The van der Waals surface area contributed by atoms with Crippen LogP contribution in [0.5, 0.6) is 0 Å². The smallest absolute Gasteiger partial charge is 0.265 e. The molecule has 2 aromatic heterocycles. The van der Waals surface area contributed by atoms with Crippen LogP contribution in [0, 0.1) is 0 Å². The topological polar surface area (TPSA) is 81.3 Å². The van der Waals surface area contributed by atoms with Crippen LogP contribution in [-0.4, -0.2) is 53.1 Å². The summed E-state index contributed by atoms with van der Waals surface area (Å²) < 4.78 is 5.78. The summed E-state index contributed by atoms with van der Waals surface area (Å²) in [6.45, 7) is 2.81. The van der Waals surface area contributed by atoms with Gasteiger partial charge in [-0.05, 0) is 37.9 Å². The van der Waals surface area contributed by atoms with Crippen molar-refractivity contribution in [2.45, 2.75) is 25.4 Å². The molecular formula is C17H22N4O2S. The van der Waals surface area contributed by atoms with Crippen molar-refractivity contribution < 1.29 is 9.53 Å². The number of hydrogen-bond acceptors (Lipinski definition) is 6. The first-order valence-electron chi connectivity index (χ1n) is 8.26. The molecule has 24 heavy (non-hydrogen) atoms. The van der Waals surface area contributed by atoms with Crippen molar-refractivity contribution in [1.29, 1.82) is 0 Å². The molecule has 3 rings (SSSR count). The van der Waals surface area contributed by atoms with Crippen molar-refractivity contribution in [3.05, 3.63) is 35.5 Å². The molecule has 128 valence electrons. The van der Waals surface area contributed by atoms with E-state index in [0.717, 1.165) is 43.1 Å². The lowest BCUT2D eigenvalue weighted by atomic mass is 10.1. The first-order valence-corrected chi connectivity index (χ1v) is 9.08. The predicted molar refractivity (Wildman–Crippen MR) is 93.9 cm³/mol. The van der Waals surface area contributed by atoms with E-state index in [1.54, 1.807) is 12.4 Å². The Morgan fingerprint density at radius 1 is 1.33 bits per heavy atom. The zero-order chi connectivity index (χ0) is 16.8. The lowest BCUT2D eigenvalue weighted by Gasteiger charge is -2.31. The SMILES string of the molecule is NCCCOC1CCN(C(=O)c2cnc(-c3ccccn3)s2)CC1. The molecule has 1 fully saturated rings. The molecule has 0 spiro atoms. The van der Waals surface area contributed by atoms with Gasteiger partial charge in [0.05, 0.1) is 18.0 Å². The molecule has 1 saturated heterocycles. The molecule has 1 amide bonds. The van der Waals surface area contributed by atoms with Crippen molar-refractivity contribution >= 4 is 17.2 Å². The van der Waals surface area contributed by atoms with Crippen LogP contribution in [-0.2, 0) is 4.74 Å². The number of carbonyl (C=O) groups is 1. The van der Waals surface area contributed by atoms with Crippen LogP contribution in [0.15, 0.2) is 30.6 Å². The normalized spacial score (nSPS) is 15.6. The summed E-state index contributed by atoms with van der Waals surface area (Å²) in [6.07, 6.45) is 6.26. The van der Waals surface area contributed by atoms with Crippen molar-refractivity contribution in [2.24, 2.45) is 5.73 Å². The summed E-state index contributed by atoms with van der Waals surface area (Å²) in [5, 5.41) is 0.777. The van der Waals surface area contributed by atoms with E-state index >= 15 is 0 Å². The van der Waals surface area contributed by atoms with Crippen LogP contribution in [0.1, 0.15) is 28.9 Å². The van der Waals surface area contributed by atoms with E-state index in [1.165, 1.54) is 11.3 Å². The molecule has 0 bridgehead atoms. The molecule has 7 heteroatoms. The van der Waals surface area contributed by atoms with Crippen molar-refractivity contribution in [2.75, 3.05) is 26.2 Å². The Kier molecular flexibility index (Phi) is 5.90. The standard InChI is InChI=1S/C17H22N4O2S/c18-7-3-11-23-13-5-9-21(10-6-13)17(22)15-12-20-16(24-15)14-4-1-2-8-19-14/h1-2,4,8,12-13H,3,5-7,9-11,18H2. The second-order valence-electron chi connectivity index (χ2n) is 5.75. The molecule has 0 aromatic carbocycles. The number of likely N-dealkylation sites (tertiary alicyclic amines) is 1. The number of carbonyl (C=O) groups excluding carboxylic acids is 1. The molecule has 2 aromatic rings. The maximum atomic E-state index is 12.6. The van der Waals surface area contributed by atoms with Crippen LogP contribution in [0.2, 0.25) is 0 Å². The molecule has 0 atom stereocenters. The number of nitrogens with two attached hydrogens (primary N) is 1. The number of pyridine rings is 1. The Bertz CT molecular complexity index is 654. The van der Waals surface area contributed by atoms with Gasteiger partial charge in [-0.15, -0.1) is 11.3 Å². The van der Waals surface area contributed by atoms with Crippen LogP contribution in [0.3, 0.4) is 0 Å². The first-order chi connectivity index (χ1) is 11.8. The Labute approximate surface area is 145 Å². The predicted octanol–water partition coefficient (Wildman–Crippen LogP) is 2.18. The highest BCUT2D eigenvalue weighted by molar-refractivity contribution is 7.16. The Morgan fingerprint density at radius 2 is 2.17 bits per heavy atom. The van der Waals surface area contributed by atoms with Gasteiger partial charge < -0.3 is 15.4 Å². The van der Waals surface area contributed by atoms with Crippen molar-refractivity contribution in [3.63, 3.8) is 0 Å². The van der Waals surface area contributed by atoms with Gasteiger partial charge >= 0.3 is 0 Å². The average Bonchev–Trinajstić information content (AvgIpc) is 3.13. The molecular weight excluding hydrogens is 324 g/mol. The average molecular weight is 346 g/mol. The van der Waals surface area contributed by atoms with E-state index in [2.05, 4.69) is 9.97 Å². The highest BCUT2D eigenvalue weighted by Crippen LogP contribution is 2.25. The summed E-state index contributed by atoms with van der Waals surface area (Å²) >= 11 is 1.40. The molecule has 0 aliphatic carbocycles. The van der Waals surface area contributed by atoms with Gasteiger partial charge in [0, 0.05) is 25.9 Å². The molecule has 6 nitrogen and oxygen atoms in total. The Balaban J connectivity index is 1.55. The number of hydrogen-bond donors (Lipinski definition) is 1. The summed E-state index contributed by atoms with van der Waals surface area (Å²) in [5.41, 5.74) is 6.27. The summed E-state index contributed by atoms with van der Waals surface area (Å²) in [4.78, 5) is 23.8. The number of ether oxygens (including phenoxy) is 1. The number of aromatic nitrogens is 2.